The predicted octanol–water partition coefficient (Wildman–Crippen LogP) is 2.29. The fraction of sp³-hybridized carbons (Fsp3) is 0.364. The van der Waals surface area contributed by atoms with Crippen LogP contribution in [0.25, 0.3) is 0 Å². The van der Waals surface area contributed by atoms with Crippen molar-refractivity contribution >= 4 is 27.3 Å². The van der Waals surface area contributed by atoms with E-state index in [-0.39, 0.29) is 6.04 Å². The molecule has 0 saturated carbocycles. The number of nitrogens with one attached hydrogen (secondary N) is 1. The highest BCUT2D eigenvalue weighted by Crippen LogP contribution is 2.36. The number of hydrogen-bond acceptors (Lipinski definition) is 5. The Morgan fingerprint density at radius 3 is 3.06 bits per heavy atom. The van der Waals surface area contributed by atoms with E-state index in [0.717, 1.165) is 27.3 Å². The first-order valence-electron chi connectivity index (χ1n) is 5.51. The quantitative estimate of drug-likeness (QED) is 0.652. The van der Waals surface area contributed by atoms with Crippen LogP contribution < -0.4 is 16.0 Å². The molecule has 5 nitrogen and oxygen atoms in total. The molecule has 3 N–H and O–H groups in total. The Labute approximate surface area is 118 Å². The second kappa shape index (κ2) is 5.83. The van der Waals surface area contributed by atoms with Crippen molar-refractivity contribution < 1.29 is 4.74 Å². The fourth-order valence-electron chi connectivity index (χ4n) is 1.88. The number of aromatic nitrogens is 2. The molecule has 0 aliphatic rings. The first-order chi connectivity index (χ1) is 8.72. The largest absolute Gasteiger partial charge is 0.496 e. The summed E-state index contributed by atoms with van der Waals surface area (Å²) in [6.07, 6.45) is 1.78. The Bertz CT molecular complexity index is 525. The molecule has 0 fully saturated rings. The molecule has 0 aromatic carbocycles. The van der Waals surface area contributed by atoms with Crippen LogP contribution in [0.15, 0.2) is 22.1 Å². The minimum absolute atomic E-state index is 0.142. The minimum atomic E-state index is -0.142. The van der Waals surface area contributed by atoms with Gasteiger partial charge in [-0.25, -0.2) is 5.43 Å². The molecular formula is C11H15BrN4OS. The molecule has 1 unspecified atom stereocenters. The molecule has 0 amide bonds. The van der Waals surface area contributed by atoms with E-state index in [9.17, 15) is 0 Å². The summed E-state index contributed by atoms with van der Waals surface area (Å²) in [5.74, 6) is 6.54. The zero-order chi connectivity index (χ0) is 13.1. The maximum absolute atomic E-state index is 5.71. The number of hydrazine groups is 1. The molecule has 2 aromatic heterocycles. The molecular weight excluding hydrogens is 316 g/mol. The van der Waals surface area contributed by atoms with Crippen molar-refractivity contribution in [2.45, 2.75) is 19.5 Å². The molecule has 0 saturated heterocycles. The number of nitrogens with two attached hydrogens (primary N) is 1. The van der Waals surface area contributed by atoms with Gasteiger partial charge in [0.25, 0.3) is 0 Å². The van der Waals surface area contributed by atoms with Crippen LogP contribution in [0.4, 0.5) is 0 Å². The van der Waals surface area contributed by atoms with Crippen molar-refractivity contribution in [1.29, 1.82) is 0 Å². The Morgan fingerprint density at radius 2 is 2.44 bits per heavy atom. The average molecular weight is 331 g/mol. The highest BCUT2D eigenvalue weighted by Gasteiger charge is 2.24. The molecule has 2 heterocycles. The number of halogens is 1. The van der Waals surface area contributed by atoms with Crippen LogP contribution in [0, 0.1) is 0 Å². The summed E-state index contributed by atoms with van der Waals surface area (Å²) in [7, 11) is 1.66. The lowest BCUT2D eigenvalue weighted by atomic mass is 10.1. The topological polar surface area (TPSA) is 65.1 Å². The number of aryl methyl sites for hydroxylation is 1. The average Bonchev–Trinajstić information content (AvgIpc) is 2.98. The number of hydrogen-bond donors (Lipinski definition) is 2. The maximum atomic E-state index is 5.71. The molecule has 18 heavy (non-hydrogen) atoms. The van der Waals surface area contributed by atoms with Gasteiger partial charge < -0.3 is 4.74 Å². The minimum Gasteiger partial charge on any atom is -0.496 e. The van der Waals surface area contributed by atoms with Crippen molar-refractivity contribution in [1.82, 2.24) is 15.2 Å². The van der Waals surface area contributed by atoms with Gasteiger partial charge in [0.2, 0.25) is 0 Å². The van der Waals surface area contributed by atoms with Gasteiger partial charge in [0, 0.05) is 6.54 Å². The molecule has 0 radical (unpaired) electrons. The first-order valence-corrected chi connectivity index (χ1v) is 7.18. The van der Waals surface area contributed by atoms with Crippen LogP contribution in [-0.4, -0.2) is 16.9 Å². The molecule has 0 bridgehead atoms. The van der Waals surface area contributed by atoms with Gasteiger partial charge in [0.05, 0.1) is 28.4 Å². The van der Waals surface area contributed by atoms with Crippen LogP contribution in [0.1, 0.15) is 23.5 Å². The molecule has 1 atom stereocenters. The van der Waals surface area contributed by atoms with Crippen LogP contribution in [0.2, 0.25) is 0 Å². The van der Waals surface area contributed by atoms with Gasteiger partial charge in [0.1, 0.15) is 11.8 Å². The Morgan fingerprint density at radius 1 is 1.67 bits per heavy atom. The normalized spacial score (nSPS) is 12.7. The summed E-state index contributed by atoms with van der Waals surface area (Å²) in [5.41, 5.74) is 3.84. The summed E-state index contributed by atoms with van der Waals surface area (Å²) in [5, 5.41) is 6.29. The molecule has 98 valence electrons. The van der Waals surface area contributed by atoms with Gasteiger partial charge >= 0.3 is 0 Å². The van der Waals surface area contributed by atoms with Crippen molar-refractivity contribution in [2.75, 3.05) is 7.11 Å². The Kier molecular flexibility index (Phi) is 4.39. The van der Waals surface area contributed by atoms with Gasteiger partial charge in [-0.3, -0.25) is 10.5 Å². The van der Waals surface area contributed by atoms with Gasteiger partial charge in [-0.05, 0) is 34.3 Å². The fourth-order valence-corrected chi connectivity index (χ4v) is 3.32. The van der Waals surface area contributed by atoms with E-state index in [1.165, 1.54) is 0 Å². The number of ether oxygens (including phenoxy) is 1. The van der Waals surface area contributed by atoms with Crippen molar-refractivity contribution in [3.8, 4) is 5.75 Å². The third kappa shape index (κ3) is 2.31. The second-order valence-corrected chi connectivity index (χ2v) is 5.45. The molecule has 0 spiro atoms. The number of methoxy groups -OCH3 is 1. The van der Waals surface area contributed by atoms with Crippen LogP contribution in [0.3, 0.4) is 0 Å². The lowest BCUT2D eigenvalue weighted by Crippen LogP contribution is -2.30. The van der Waals surface area contributed by atoms with Gasteiger partial charge in [-0.1, -0.05) is 0 Å². The van der Waals surface area contributed by atoms with Crippen molar-refractivity contribution in [2.24, 2.45) is 5.84 Å². The van der Waals surface area contributed by atoms with E-state index < -0.39 is 0 Å². The first kappa shape index (κ1) is 13.5. The maximum Gasteiger partial charge on any atom is 0.134 e. The van der Waals surface area contributed by atoms with E-state index >= 15 is 0 Å². The van der Waals surface area contributed by atoms with Gasteiger partial charge in [0.15, 0.2) is 0 Å². The van der Waals surface area contributed by atoms with Crippen molar-refractivity contribution in [3.63, 3.8) is 0 Å². The standard InChI is InChI=1S/C11H15BrN4OS/c1-3-16-10(7(12)6-14-16)9(15-13)11-8(17-2)4-5-18-11/h4-6,9,15H,3,13H2,1-2H3. The van der Waals surface area contributed by atoms with E-state index in [0.29, 0.717) is 0 Å². The molecule has 2 rings (SSSR count). The summed E-state index contributed by atoms with van der Waals surface area (Å²) in [6, 6.07) is 1.79. The van der Waals surface area contributed by atoms with Gasteiger partial charge in [-0.15, -0.1) is 11.3 Å². The van der Waals surface area contributed by atoms with E-state index in [4.69, 9.17) is 10.6 Å². The number of nitrogens with zero attached hydrogens (tertiary/aromatic N) is 2. The highest BCUT2D eigenvalue weighted by atomic mass is 79.9. The monoisotopic (exact) mass is 330 g/mol. The third-order valence-electron chi connectivity index (χ3n) is 2.71. The second-order valence-electron chi connectivity index (χ2n) is 3.65. The highest BCUT2D eigenvalue weighted by molar-refractivity contribution is 9.10. The van der Waals surface area contributed by atoms with Crippen molar-refractivity contribution in [3.05, 3.63) is 32.7 Å². The zero-order valence-electron chi connectivity index (χ0n) is 10.2. The van der Waals surface area contributed by atoms with Crippen LogP contribution >= 0.6 is 27.3 Å². The Balaban J connectivity index is 2.48. The van der Waals surface area contributed by atoms with Crippen LogP contribution in [0.5, 0.6) is 5.75 Å². The zero-order valence-corrected chi connectivity index (χ0v) is 12.6. The number of thiophene rings is 1. The lowest BCUT2D eigenvalue weighted by molar-refractivity contribution is 0.405. The van der Waals surface area contributed by atoms with E-state index in [2.05, 4.69) is 26.5 Å². The third-order valence-corrected chi connectivity index (χ3v) is 4.29. The summed E-state index contributed by atoms with van der Waals surface area (Å²) < 4.78 is 8.19. The Hall–Kier alpha value is -0.890. The summed E-state index contributed by atoms with van der Waals surface area (Å²) in [4.78, 5) is 1.04. The van der Waals surface area contributed by atoms with Gasteiger partial charge in [-0.2, -0.15) is 5.10 Å². The van der Waals surface area contributed by atoms with E-state index in [1.54, 1.807) is 24.6 Å². The molecule has 7 heteroatoms. The summed E-state index contributed by atoms with van der Waals surface area (Å²) >= 11 is 5.12. The smallest absolute Gasteiger partial charge is 0.134 e. The molecule has 2 aromatic rings. The predicted molar refractivity (Wildman–Crippen MR) is 75.6 cm³/mol. The molecule has 0 aliphatic carbocycles. The summed E-state index contributed by atoms with van der Waals surface area (Å²) in [6.45, 7) is 2.83. The molecule has 0 aliphatic heterocycles. The SMILES string of the molecule is CCn1ncc(Br)c1C(NN)c1sccc1OC. The number of rotatable bonds is 5. The lowest BCUT2D eigenvalue weighted by Gasteiger charge is -2.18. The van der Waals surface area contributed by atoms with E-state index in [1.807, 2.05) is 23.1 Å². The van der Waals surface area contributed by atoms with Crippen LogP contribution in [-0.2, 0) is 6.54 Å².